The van der Waals surface area contributed by atoms with Crippen molar-refractivity contribution in [3.05, 3.63) is 24.4 Å². The summed E-state index contributed by atoms with van der Waals surface area (Å²) in [5.74, 6) is 0.660. The highest BCUT2D eigenvalue weighted by Crippen LogP contribution is 1.99. The number of hydrogen-bond donors (Lipinski definition) is 0. The maximum Gasteiger partial charge on any atom is 0.212 e. The summed E-state index contributed by atoms with van der Waals surface area (Å²) in [6.45, 7) is 0. The van der Waals surface area contributed by atoms with Crippen molar-refractivity contribution in [1.29, 1.82) is 0 Å². The molecule has 0 aliphatic carbocycles. The Morgan fingerprint density at radius 1 is 1.44 bits per heavy atom. The van der Waals surface area contributed by atoms with E-state index in [1.165, 1.54) is 0 Å². The number of pyridine rings is 1. The van der Waals surface area contributed by atoms with Crippen molar-refractivity contribution in [3.63, 3.8) is 0 Å². The molecule has 0 aromatic carbocycles. The van der Waals surface area contributed by atoms with Gasteiger partial charge in [0.1, 0.15) is 0 Å². The second-order valence-electron chi connectivity index (χ2n) is 1.37. The zero-order valence-electron chi connectivity index (χ0n) is 5.07. The Hall–Kier alpha value is -0.570. The Morgan fingerprint density at radius 3 is 2.56 bits per heavy atom. The van der Waals surface area contributed by atoms with Crippen LogP contribution in [0.25, 0.3) is 0 Å². The second kappa shape index (κ2) is 4.32. The summed E-state index contributed by atoms with van der Waals surface area (Å²) in [6, 6.07) is 5.54. The van der Waals surface area contributed by atoms with Crippen LogP contribution in [-0.2, 0) is 0 Å². The number of hydrogen-bond acceptors (Lipinski definition) is 2. The number of rotatable bonds is 1. The van der Waals surface area contributed by atoms with Gasteiger partial charge in [0.15, 0.2) is 0 Å². The van der Waals surface area contributed by atoms with E-state index < -0.39 is 0 Å². The molecule has 1 heterocycles. The quantitative estimate of drug-likeness (QED) is 0.671. The summed E-state index contributed by atoms with van der Waals surface area (Å²) in [6.07, 6.45) is 1.69. The first kappa shape index (κ1) is 8.43. The third-order valence-electron chi connectivity index (χ3n) is 0.847. The molecule has 1 rings (SSSR count). The summed E-state index contributed by atoms with van der Waals surface area (Å²) in [7, 11) is 1.60. The average Bonchev–Trinajstić information content (AvgIpc) is 1.90. The van der Waals surface area contributed by atoms with Crippen LogP contribution in [0.1, 0.15) is 0 Å². The van der Waals surface area contributed by atoms with E-state index in [4.69, 9.17) is 4.74 Å². The highest BCUT2D eigenvalue weighted by Gasteiger charge is 1.82. The lowest BCUT2D eigenvalue weighted by molar-refractivity contribution is 0.398. The molecule has 9 heavy (non-hydrogen) atoms. The van der Waals surface area contributed by atoms with Crippen LogP contribution in [0, 0.1) is 0 Å². The van der Waals surface area contributed by atoms with E-state index in [0.717, 1.165) is 0 Å². The lowest BCUT2D eigenvalue weighted by atomic mass is 10.5. The normalized spacial score (nSPS) is 7.67. The van der Waals surface area contributed by atoms with Gasteiger partial charge in [0.05, 0.1) is 7.11 Å². The Balaban J connectivity index is 0.000000640. The Morgan fingerprint density at radius 2 is 2.22 bits per heavy atom. The molecule has 0 spiro atoms. The molecular formula is C6H8BrNO. The van der Waals surface area contributed by atoms with E-state index in [0.29, 0.717) is 5.88 Å². The van der Waals surface area contributed by atoms with Crippen LogP contribution in [-0.4, -0.2) is 12.1 Å². The molecule has 2 nitrogen and oxygen atoms in total. The molecule has 0 aliphatic heterocycles. The van der Waals surface area contributed by atoms with Crippen LogP contribution < -0.4 is 4.74 Å². The number of halogens is 1. The van der Waals surface area contributed by atoms with Crippen molar-refractivity contribution in [2.45, 2.75) is 0 Å². The number of methoxy groups -OCH3 is 1. The van der Waals surface area contributed by atoms with Gasteiger partial charge in [-0.25, -0.2) is 4.98 Å². The van der Waals surface area contributed by atoms with Crippen molar-refractivity contribution in [2.24, 2.45) is 0 Å². The number of aromatic nitrogens is 1. The van der Waals surface area contributed by atoms with Crippen molar-refractivity contribution >= 4 is 17.0 Å². The van der Waals surface area contributed by atoms with Crippen molar-refractivity contribution < 1.29 is 4.74 Å². The number of ether oxygens (including phenoxy) is 1. The maximum atomic E-state index is 4.80. The molecule has 0 atom stereocenters. The van der Waals surface area contributed by atoms with Gasteiger partial charge in [-0.2, -0.15) is 0 Å². The van der Waals surface area contributed by atoms with E-state index in [1.54, 1.807) is 19.4 Å². The first-order valence-electron chi connectivity index (χ1n) is 2.38. The van der Waals surface area contributed by atoms with Crippen LogP contribution in [0.3, 0.4) is 0 Å². The largest absolute Gasteiger partial charge is 0.481 e. The minimum absolute atomic E-state index is 0. The van der Waals surface area contributed by atoms with Crippen LogP contribution in [0.4, 0.5) is 0 Å². The van der Waals surface area contributed by atoms with Gasteiger partial charge in [-0.1, -0.05) is 6.07 Å². The molecule has 3 heteroatoms. The van der Waals surface area contributed by atoms with E-state index >= 15 is 0 Å². The smallest absolute Gasteiger partial charge is 0.212 e. The van der Waals surface area contributed by atoms with Crippen LogP contribution in [0.15, 0.2) is 24.4 Å². The number of nitrogens with zero attached hydrogens (tertiary/aromatic N) is 1. The molecule has 0 radical (unpaired) electrons. The van der Waals surface area contributed by atoms with Gasteiger partial charge in [0.25, 0.3) is 0 Å². The Bertz CT molecular complexity index is 154. The van der Waals surface area contributed by atoms with Gasteiger partial charge in [-0.05, 0) is 6.07 Å². The highest BCUT2D eigenvalue weighted by molar-refractivity contribution is 8.93. The van der Waals surface area contributed by atoms with Gasteiger partial charge in [0.2, 0.25) is 5.88 Å². The van der Waals surface area contributed by atoms with Crippen molar-refractivity contribution in [3.8, 4) is 5.88 Å². The SMILES string of the molecule is Br.COc1ccccn1. The predicted molar refractivity (Wildman–Crippen MR) is 41.1 cm³/mol. The van der Waals surface area contributed by atoms with Crippen molar-refractivity contribution in [1.82, 2.24) is 4.98 Å². The molecule has 1 aromatic heterocycles. The molecule has 1 aromatic rings. The van der Waals surface area contributed by atoms with Crippen molar-refractivity contribution in [2.75, 3.05) is 7.11 Å². The summed E-state index contributed by atoms with van der Waals surface area (Å²) in [4.78, 5) is 3.88. The highest BCUT2D eigenvalue weighted by atomic mass is 79.9. The molecule has 0 saturated heterocycles. The van der Waals surface area contributed by atoms with Gasteiger partial charge in [-0.3, -0.25) is 0 Å². The van der Waals surface area contributed by atoms with E-state index in [2.05, 4.69) is 4.98 Å². The summed E-state index contributed by atoms with van der Waals surface area (Å²) < 4.78 is 4.80. The third kappa shape index (κ3) is 2.46. The molecular weight excluding hydrogens is 182 g/mol. The lowest BCUT2D eigenvalue weighted by Crippen LogP contribution is -1.83. The monoisotopic (exact) mass is 189 g/mol. The Kier molecular flexibility index (Phi) is 4.05. The molecule has 0 bridgehead atoms. The average molecular weight is 190 g/mol. The van der Waals surface area contributed by atoms with Crippen LogP contribution in [0.5, 0.6) is 5.88 Å². The topological polar surface area (TPSA) is 22.1 Å². The van der Waals surface area contributed by atoms with Gasteiger partial charge < -0.3 is 4.74 Å². The van der Waals surface area contributed by atoms with Gasteiger partial charge in [0, 0.05) is 12.3 Å². The van der Waals surface area contributed by atoms with Gasteiger partial charge in [-0.15, -0.1) is 17.0 Å². The fourth-order valence-electron chi connectivity index (χ4n) is 0.468. The lowest BCUT2D eigenvalue weighted by Gasteiger charge is -1.92. The molecule has 0 N–H and O–H groups in total. The third-order valence-corrected chi connectivity index (χ3v) is 0.847. The van der Waals surface area contributed by atoms with Crippen LogP contribution in [0.2, 0.25) is 0 Å². The Labute approximate surface area is 64.6 Å². The zero-order chi connectivity index (χ0) is 5.82. The van der Waals surface area contributed by atoms with Crippen LogP contribution >= 0.6 is 17.0 Å². The summed E-state index contributed by atoms with van der Waals surface area (Å²) in [5.41, 5.74) is 0. The fourth-order valence-corrected chi connectivity index (χ4v) is 0.468. The first-order chi connectivity index (χ1) is 3.93. The maximum absolute atomic E-state index is 4.80. The predicted octanol–water partition coefficient (Wildman–Crippen LogP) is 1.67. The molecule has 0 unspecified atom stereocenters. The van der Waals surface area contributed by atoms with E-state index in [-0.39, 0.29) is 17.0 Å². The minimum atomic E-state index is 0. The first-order valence-corrected chi connectivity index (χ1v) is 2.38. The minimum Gasteiger partial charge on any atom is -0.481 e. The van der Waals surface area contributed by atoms with Gasteiger partial charge >= 0.3 is 0 Å². The molecule has 0 saturated carbocycles. The van der Waals surface area contributed by atoms with E-state index in [1.807, 2.05) is 12.1 Å². The second-order valence-corrected chi connectivity index (χ2v) is 1.37. The fraction of sp³-hybridized carbons (Fsp3) is 0.167. The summed E-state index contributed by atoms with van der Waals surface area (Å²) in [5, 5.41) is 0. The summed E-state index contributed by atoms with van der Waals surface area (Å²) >= 11 is 0. The molecule has 50 valence electrons. The van der Waals surface area contributed by atoms with E-state index in [9.17, 15) is 0 Å². The molecule has 0 aliphatic rings. The standard InChI is InChI=1S/C6H7NO.BrH/c1-8-6-4-2-3-5-7-6;/h2-5H,1H3;1H. The molecule has 0 fully saturated rings. The molecule has 0 amide bonds. The zero-order valence-corrected chi connectivity index (χ0v) is 6.79.